The molecule has 1 aliphatic rings. The maximum atomic E-state index is 5.89. The second kappa shape index (κ2) is 3.89. The number of halogens is 1. The Morgan fingerprint density at radius 3 is 2.80 bits per heavy atom. The first kappa shape index (κ1) is 10.6. The first-order valence-corrected chi connectivity index (χ1v) is 5.61. The lowest BCUT2D eigenvalue weighted by molar-refractivity contribution is 0.604. The number of pyridine rings is 1. The predicted octanol–water partition coefficient (Wildman–Crippen LogP) is 2.55. The van der Waals surface area contributed by atoms with E-state index in [4.69, 9.17) is 17.3 Å². The summed E-state index contributed by atoms with van der Waals surface area (Å²) in [6.07, 6.45) is 4.28. The van der Waals surface area contributed by atoms with Crippen molar-refractivity contribution in [1.29, 1.82) is 0 Å². The second-order valence-corrected chi connectivity index (χ2v) is 4.69. The monoisotopic (exact) mass is 225 g/mol. The van der Waals surface area contributed by atoms with E-state index in [0.717, 1.165) is 11.7 Å². The summed E-state index contributed by atoms with van der Waals surface area (Å²) in [7, 11) is 2.04. The lowest BCUT2D eigenvalue weighted by Crippen LogP contribution is -2.31. The maximum absolute atomic E-state index is 5.89. The largest absolute Gasteiger partial charge is 0.396 e. The normalized spacial score (nSPS) is 17.5. The van der Waals surface area contributed by atoms with Crippen LogP contribution in [0.1, 0.15) is 19.8 Å². The number of hydrogen-bond donors (Lipinski definition) is 1. The van der Waals surface area contributed by atoms with Crippen molar-refractivity contribution in [3.05, 3.63) is 17.3 Å². The van der Waals surface area contributed by atoms with Gasteiger partial charge in [-0.3, -0.25) is 0 Å². The quantitative estimate of drug-likeness (QED) is 0.860. The molecule has 4 heteroatoms. The van der Waals surface area contributed by atoms with Gasteiger partial charge in [0.15, 0.2) is 5.82 Å². The molecule has 0 aromatic carbocycles. The third kappa shape index (κ3) is 2.17. The average molecular weight is 226 g/mol. The Hall–Kier alpha value is -0.960. The molecule has 0 saturated heterocycles. The lowest BCUT2D eigenvalue weighted by atomic mass is 10.2. The zero-order valence-corrected chi connectivity index (χ0v) is 9.83. The van der Waals surface area contributed by atoms with Crippen molar-refractivity contribution in [1.82, 2.24) is 4.98 Å². The van der Waals surface area contributed by atoms with Gasteiger partial charge in [-0.25, -0.2) is 4.98 Å². The second-order valence-electron chi connectivity index (χ2n) is 4.26. The van der Waals surface area contributed by atoms with E-state index in [1.165, 1.54) is 12.8 Å². The number of nitrogens with two attached hydrogens (primary N) is 1. The van der Waals surface area contributed by atoms with Crippen molar-refractivity contribution < 1.29 is 0 Å². The molecule has 1 heterocycles. The minimum atomic E-state index is 0.501. The van der Waals surface area contributed by atoms with Crippen LogP contribution in [-0.2, 0) is 0 Å². The lowest BCUT2D eigenvalue weighted by Gasteiger charge is -2.26. The fourth-order valence-corrected chi connectivity index (χ4v) is 2.00. The van der Waals surface area contributed by atoms with E-state index < -0.39 is 0 Å². The zero-order valence-electron chi connectivity index (χ0n) is 9.07. The molecule has 0 spiro atoms. The van der Waals surface area contributed by atoms with Gasteiger partial charge in [0.25, 0.3) is 0 Å². The number of hydrogen-bond acceptors (Lipinski definition) is 3. The molecule has 0 amide bonds. The molecule has 15 heavy (non-hydrogen) atoms. The maximum Gasteiger partial charge on any atom is 0.151 e. The van der Waals surface area contributed by atoms with E-state index in [2.05, 4.69) is 16.8 Å². The smallest absolute Gasteiger partial charge is 0.151 e. The highest BCUT2D eigenvalue weighted by Crippen LogP contribution is 2.37. The van der Waals surface area contributed by atoms with Gasteiger partial charge >= 0.3 is 0 Å². The van der Waals surface area contributed by atoms with Crippen LogP contribution in [0.5, 0.6) is 0 Å². The fraction of sp³-hybridized carbons (Fsp3) is 0.545. The first-order chi connectivity index (χ1) is 7.09. The van der Waals surface area contributed by atoms with Crippen molar-refractivity contribution in [3.8, 4) is 0 Å². The Morgan fingerprint density at radius 1 is 1.60 bits per heavy atom. The van der Waals surface area contributed by atoms with Crippen LogP contribution in [0.4, 0.5) is 11.5 Å². The Bertz CT molecular complexity index is 363. The molecule has 1 atom stereocenters. The molecule has 82 valence electrons. The van der Waals surface area contributed by atoms with Gasteiger partial charge in [0.1, 0.15) is 0 Å². The molecule has 0 radical (unpaired) electrons. The van der Waals surface area contributed by atoms with E-state index in [1.54, 1.807) is 12.3 Å². The molecule has 0 bridgehead atoms. The van der Waals surface area contributed by atoms with E-state index in [1.807, 2.05) is 7.05 Å². The molecule has 1 aromatic rings. The van der Waals surface area contributed by atoms with Crippen molar-refractivity contribution in [2.45, 2.75) is 25.8 Å². The summed E-state index contributed by atoms with van der Waals surface area (Å²) < 4.78 is 0. The van der Waals surface area contributed by atoms with Gasteiger partial charge in [-0.15, -0.1) is 0 Å². The number of aromatic nitrogens is 1. The topological polar surface area (TPSA) is 42.2 Å². The highest BCUT2D eigenvalue weighted by Gasteiger charge is 2.31. The standard InChI is InChI=1S/C11H16ClN3/c1-7(8-3-4-8)15(2)11-10(13)5-9(12)6-14-11/h5-8H,3-4,13H2,1-2H3. The van der Waals surface area contributed by atoms with Crippen LogP contribution in [0, 0.1) is 5.92 Å². The van der Waals surface area contributed by atoms with E-state index in [-0.39, 0.29) is 0 Å². The highest BCUT2D eigenvalue weighted by atomic mass is 35.5. The van der Waals surface area contributed by atoms with Gasteiger partial charge in [0.2, 0.25) is 0 Å². The third-order valence-electron chi connectivity index (χ3n) is 3.11. The minimum absolute atomic E-state index is 0.501. The SMILES string of the molecule is CC(C1CC1)N(C)c1ncc(Cl)cc1N. The summed E-state index contributed by atoms with van der Waals surface area (Å²) >= 11 is 5.82. The molecule has 0 aliphatic heterocycles. The zero-order chi connectivity index (χ0) is 11.0. The Labute approximate surface area is 95.2 Å². The molecule has 2 N–H and O–H groups in total. The van der Waals surface area contributed by atoms with Crippen LogP contribution in [0.25, 0.3) is 0 Å². The number of rotatable bonds is 3. The van der Waals surface area contributed by atoms with Crippen LogP contribution in [0.3, 0.4) is 0 Å². The number of nitrogens with zero attached hydrogens (tertiary/aromatic N) is 2. The molecule has 2 rings (SSSR count). The summed E-state index contributed by atoms with van der Waals surface area (Å²) in [5, 5.41) is 0.587. The molecule has 3 nitrogen and oxygen atoms in total. The molecular formula is C11H16ClN3. The average Bonchev–Trinajstić information content (AvgIpc) is 2.99. The van der Waals surface area contributed by atoms with E-state index in [0.29, 0.717) is 16.8 Å². The van der Waals surface area contributed by atoms with Gasteiger partial charge in [0, 0.05) is 19.3 Å². The number of anilines is 2. The van der Waals surface area contributed by atoms with Crippen LogP contribution < -0.4 is 10.6 Å². The molecule has 1 aromatic heterocycles. The van der Waals surface area contributed by atoms with Gasteiger partial charge in [0.05, 0.1) is 10.7 Å². The van der Waals surface area contributed by atoms with E-state index in [9.17, 15) is 0 Å². The summed E-state index contributed by atoms with van der Waals surface area (Å²) in [6.45, 7) is 2.22. The van der Waals surface area contributed by atoms with Crippen molar-refractivity contribution in [2.24, 2.45) is 5.92 Å². The number of nitrogen functional groups attached to an aromatic ring is 1. The predicted molar refractivity (Wildman–Crippen MR) is 64.2 cm³/mol. The summed E-state index contributed by atoms with van der Waals surface area (Å²) in [5.74, 6) is 1.63. The molecule has 1 fully saturated rings. The summed E-state index contributed by atoms with van der Waals surface area (Å²) in [5.41, 5.74) is 6.54. The molecular weight excluding hydrogens is 210 g/mol. The van der Waals surface area contributed by atoms with Gasteiger partial charge in [-0.1, -0.05) is 11.6 Å². The van der Waals surface area contributed by atoms with Crippen molar-refractivity contribution in [3.63, 3.8) is 0 Å². The summed E-state index contributed by atoms with van der Waals surface area (Å²) in [6, 6.07) is 2.25. The van der Waals surface area contributed by atoms with Crippen LogP contribution >= 0.6 is 11.6 Å². The Balaban J connectivity index is 2.20. The van der Waals surface area contributed by atoms with Crippen LogP contribution in [-0.4, -0.2) is 18.1 Å². The van der Waals surface area contributed by atoms with Gasteiger partial charge in [-0.2, -0.15) is 0 Å². The Kier molecular flexibility index (Phi) is 2.74. The van der Waals surface area contributed by atoms with Crippen LogP contribution in [0.2, 0.25) is 5.02 Å². The van der Waals surface area contributed by atoms with Crippen molar-refractivity contribution >= 4 is 23.1 Å². The highest BCUT2D eigenvalue weighted by molar-refractivity contribution is 6.30. The molecule has 1 aliphatic carbocycles. The first-order valence-electron chi connectivity index (χ1n) is 5.23. The van der Waals surface area contributed by atoms with Crippen LogP contribution in [0.15, 0.2) is 12.3 Å². The minimum Gasteiger partial charge on any atom is -0.396 e. The van der Waals surface area contributed by atoms with Crippen molar-refractivity contribution in [2.75, 3.05) is 17.7 Å². The summed E-state index contributed by atoms with van der Waals surface area (Å²) in [4.78, 5) is 6.42. The van der Waals surface area contributed by atoms with E-state index >= 15 is 0 Å². The third-order valence-corrected chi connectivity index (χ3v) is 3.32. The van der Waals surface area contributed by atoms with Gasteiger partial charge < -0.3 is 10.6 Å². The molecule has 1 saturated carbocycles. The molecule has 1 unspecified atom stereocenters. The van der Waals surface area contributed by atoms with Gasteiger partial charge in [-0.05, 0) is 31.7 Å². The Morgan fingerprint density at radius 2 is 2.27 bits per heavy atom. The fourth-order valence-electron chi connectivity index (χ4n) is 1.83.